The first-order valence-corrected chi connectivity index (χ1v) is 6.53. The van der Waals surface area contributed by atoms with Gasteiger partial charge in [0.2, 0.25) is 11.6 Å². The van der Waals surface area contributed by atoms with Gasteiger partial charge in [0.15, 0.2) is 0 Å². The summed E-state index contributed by atoms with van der Waals surface area (Å²) in [5.74, 6) is -0.718. The van der Waals surface area contributed by atoms with Gasteiger partial charge in [0.25, 0.3) is 5.69 Å². The molecule has 2 rings (SSSR count). The van der Waals surface area contributed by atoms with E-state index in [1.165, 1.54) is 12.1 Å². The lowest BCUT2D eigenvalue weighted by atomic mass is 10.2. The number of rotatable bonds is 5. The number of nitrogens with two attached hydrogens (primary N) is 1. The quantitative estimate of drug-likeness (QED) is 0.382. The third-order valence-corrected chi connectivity index (χ3v) is 2.73. The minimum atomic E-state index is -0.683. The van der Waals surface area contributed by atoms with Crippen molar-refractivity contribution in [2.24, 2.45) is 0 Å². The second kappa shape index (κ2) is 6.20. The number of benzene rings is 1. The summed E-state index contributed by atoms with van der Waals surface area (Å²) in [6.45, 7) is 3.80. The van der Waals surface area contributed by atoms with Crippen molar-refractivity contribution in [3.05, 3.63) is 27.9 Å². The highest BCUT2D eigenvalue weighted by Gasteiger charge is 2.21. The molecule has 0 spiro atoms. The molecule has 0 atom stereocenters. The molecular weight excluding hydrogens is 292 g/mol. The van der Waals surface area contributed by atoms with E-state index in [2.05, 4.69) is 9.97 Å². The number of esters is 1. The van der Waals surface area contributed by atoms with Crippen LogP contribution >= 0.6 is 0 Å². The minimum Gasteiger partial charge on any atom is -0.476 e. The zero-order valence-electron chi connectivity index (χ0n) is 12.0. The second-order valence-corrected chi connectivity index (χ2v) is 4.19. The number of carbonyl (C=O) groups is 1. The number of nitrogens with zero attached hydrogens (tertiary/aromatic N) is 3. The zero-order valence-corrected chi connectivity index (χ0v) is 12.0. The van der Waals surface area contributed by atoms with E-state index >= 15 is 0 Å². The van der Waals surface area contributed by atoms with E-state index in [9.17, 15) is 14.9 Å². The van der Waals surface area contributed by atoms with Gasteiger partial charge < -0.3 is 15.2 Å². The molecule has 116 valence electrons. The van der Waals surface area contributed by atoms with Gasteiger partial charge in [-0.1, -0.05) is 0 Å². The summed E-state index contributed by atoms with van der Waals surface area (Å²) in [7, 11) is 0. The summed E-state index contributed by atoms with van der Waals surface area (Å²) < 4.78 is 10.2. The molecule has 0 saturated carbocycles. The zero-order chi connectivity index (χ0) is 16.3. The Morgan fingerprint density at radius 3 is 2.55 bits per heavy atom. The van der Waals surface area contributed by atoms with Gasteiger partial charge in [0, 0.05) is 6.07 Å². The number of fused-ring (bicyclic) bond motifs is 1. The van der Waals surface area contributed by atoms with Crippen molar-refractivity contribution in [2.45, 2.75) is 13.8 Å². The number of nitrogen functional groups attached to an aromatic ring is 1. The molecule has 9 nitrogen and oxygen atoms in total. The van der Waals surface area contributed by atoms with Gasteiger partial charge in [-0.3, -0.25) is 10.1 Å². The summed E-state index contributed by atoms with van der Waals surface area (Å²) in [4.78, 5) is 30.4. The van der Waals surface area contributed by atoms with Gasteiger partial charge >= 0.3 is 5.97 Å². The van der Waals surface area contributed by atoms with Crippen LogP contribution in [0.4, 0.5) is 11.4 Å². The maximum atomic E-state index is 11.9. The van der Waals surface area contributed by atoms with Crippen LogP contribution < -0.4 is 10.5 Å². The predicted octanol–water partition coefficient (Wildman–Crippen LogP) is 1.70. The molecule has 9 heteroatoms. The molecule has 0 amide bonds. The minimum absolute atomic E-state index is 0.0347. The van der Waals surface area contributed by atoms with Crippen LogP contribution in [0.15, 0.2) is 12.1 Å². The molecule has 1 aromatic carbocycles. The lowest BCUT2D eigenvalue weighted by Crippen LogP contribution is -2.12. The third kappa shape index (κ3) is 2.87. The summed E-state index contributed by atoms with van der Waals surface area (Å²) in [5, 5.41) is 10.9. The van der Waals surface area contributed by atoms with Crippen LogP contribution in [0.5, 0.6) is 5.88 Å². The Balaban J connectivity index is 2.66. The van der Waals surface area contributed by atoms with Crippen LogP contribution in [0.1, 0.15) is 24.3 Å². The van der Waals surface area contributed by atoms with Crippen molar-refractivity contribution in [3.63, 3.8) is 0 Å². The first kappa shape index (κ1) is 15.4. The third-order valence-electron chi connectivity index (χ3n) is 2.73. The molecule has 0 fully saturated rings. The Morgan fingerprint density at radius 2 is 1.95 bits per heavy atom. The first-order valence-electron chi connectivity index (χ1n) is 6.53. The monoisotopic (exact) mass is 306 g/mol. The fraction of sp³-hybridized carbons (Fsp3) is 0.308. The van der Waals surface area contributed by atoms with Crippen LogP contribution in [-0.2, 0) is 4.74 Å². The van der Waals surface area contributed by atoms with Crippen LogP contribution in [0.2, 0.25) is 0 Å². The molecule has 0 aliphatic rings. The Hall–Kier alpha value is -2.97. The summed E-state index contributed by atoms with van der Waals surface area (Å²) in [6, 6.07) is 2.48. The number of hydrogen-bond acceptors (Lipinski definition) is 8. The van der Waals surface area contributed by atoms with Gasteiger partial charge in [-0.15, -0.1) is 0 Å². The van der Waals surface area contributed by atoms with Crippen molar-refractivity contribution < 1.29 is 19.2 Å². The van der Waals surface area contributed by atoms with E-state index in [4.69, 9.17) is 15.2 Å². The molecule has 22 heavy (non-hydrogen) atoms. The predicted molar refractivity (Wildman–Crippen MR) is 77.7 cm³/mol. The maximum Gasteiger partial charge on any atom is 0.362 e. The molecule has 0 aliphatic carbocycles. The van der Waals surface area contributed by atoms with Crippen molar-refractivity contribution in [2.75, 3.05) is 18.9 Å². The number of carbonyl (C=O) groups excluding carboxylic acids is 1. The Labute approximate surface area is 125 Å². The molecule has 1 heterocycles. The molecule has 0 bridgehead atoms. The van der Waals surface area contributed by atoms with E-state index < -0.39 is 10.9 Å². The van der Waals surface area contributed by atoms with Crippen LogP contribution in [-0.4, -0.2) is 34.1 Å². The number of aromatic nitrogens is 2. The van der Waals surface area contributed by atoms with Gasteiger partial charge in [0.1, 0.15) is 5.69 Å². The lowest BCUT2D eigenvalue weighted by Gasteiger charge is -2.09. The molecule has 2 N–H and O–H groups in total. The highest BCUT2D eigenvalue weighted by molar-refractivity contribution is 5.93. The molecule has 0 unspecified atom stereocenters. The Morgan fingerprint density at radius 1 is 1.27 bits per heavy atom. The van der Waals surface area contributed by atoms with Crippen molar-refractivity contribution in [3.8, 4) is 5.88 Å². The van der Waals surface area contributed by atoms with E-state index in [0.29, 0.717) is 0 Å². The maximum absolute atomic E-state index is 11.9. The van der Waals surface area contributed by atoms with Crippen molar-refractivity contribution >= 4 is 28.4 Å². The summed E-state index contributed by atoms with van der Waals surface area (Å²) >= 11 is 0. The Bertz CT molecular complexity index is 747. The molecule has 0 aliphatic heterocycles. The molecule has 0 saturated heterocycles. The second-order valence-electron chi connectivity index (χ2n) is 4.19. The SMILES string of the molecule is CCOC(=O)c1nc2cc(N)c([N+](=O)[O-])cc2nc1OCC. The number of ether oxygens (including phenoxy) is 2. The summed E-state index contributed by atoms with van der Waals surface area (Å²) in [5.41, 5.74) is 5.62. The van der Waals surface area contributed by atoms with Gasteiger partial charge in [-0.2, -0.15) is 0 Å². The van der Waals surface area contributed by atoms with Gasteiger partial charge in [-0.25, -0.2) is 14.8 Å². The van der Waals surface area contributed by atoms with E-state index in [1.54, 1.807) is 13.8 Å². The molecule has 2 aromatic rings. The van der Waals surface area contributed by atoms with Crippen molar-refractivity contribution in [1.29, 1.82) is 0 Å². The average molecular weight is 306 g/mol. The number of anilines is 1. The van der Waals surface area contributed by atoms with Crippen LogP contribution in [0.3, 0.4) is 0 Å². The smallest absolute Gasteiger partial charge is 0.362 e. The van der Waals surface area contributed by atoms with E-state index in [1.807, 2.05) is 0 Å². The first-order chi connectivity index (χ1) is 10.5. The molecule has 0 radical (unpaired) electrons. The van der Waals surface area contributed by atoms with Crippen molar-refractivity contribution in [1.82, 2.24) is 9.97 Å². The van der Waals surface area contributed by atoms with Crippen LogP contribution in [0.25, 0.3) is 11.0 Å². The van der Waals surface area contributed by atoms with Gasteiger partial charge in [0.05, 0.1) is 29.2 Å². The lowest BCUT2D eigenvalue weighted by molar-refractivity contribution is -0.383. The average Bonchev–Trinajstić information content (AvgIpc) is 2.46. The number of hydrogen-bond donors (Lipinski definition) is 1. The fourth-order valence-corrected chi connectivity index (χ4v) is 1.82. The molecular formula is C13H14N4O5. The van der Waals surface area contributed by atoms with E-state index in [0.717, 1.165) is 0 Å². The highest BCUT2D eigenvalue weighted by Crippen LogP contribution is 2.28. The van der Waals surface area contributed by atoms with Crippen LogP contribution in [0, 0.1) is 10.1 Å². The molecule has 1 aromatic heterocycles. The van der Waals surface area contributed by atoms with E-state index in [-0.39, 0.29) is 47.2 Å². The number of nitro benzene ring substituents is 1. The number of nitro groups is 1. The standard InChI is InChI=1S/C13H14N4O5/c1-3-21-12-11(13(18)22-4-2)15-8-5-7(14)10(17(19)20)6-9(8)16-12/h5-6H,3-4,14H2,1-2H3. The topological polar surface area (TPSA) is 130 Å². The van der Waals surface area contributed by atoms with Gasteiger partial charge in [-0.05, 0) is 19.9 Å². The Kier molecular flexibility index (Phi) is 4.35. The highest BCUT2D eigenvalue weighted by atomic mass is 16.6. The normalized spacial score (nSPS) is 10.5. The fourth-order valence-electron chi connectivity index (χ4n) is 1.82. The largest absolute Gasteiger partial charge is 0.476 e. The summed E-state index contributed by atoms with van der Waals surface area (Å²) in [6.07, 6.45) is 0.